The molecule has 2 aromatic carbocycles. The Bertz CT molecular complexity index is 768. The maximum absolute atomic E-state index is 13.3. The summed E-state index contributed by atoms with van der Waals surface area (Å²) < 4.78 is 13.3. The SMILES string of the molecule is Cc1cc(C)cc(NC(=O)N2CCN(c3ccc(F)c(Cl)c3)CC2)c1. The highest BCUT2D eigenvalue weighted by Gasteiger charge is 2.22. The predicted octanol–water partition coefficient (Wildman–Crippen LogP) is 4.45. The lowest BCUT2D eigenvalue weighted by atomic mass is 10.1. The summed E-state index contributed by atoms with van der Waals surface area (Å²) in [6.07, 6.45) is 0. The molecule has 132 valence electrons. The van der Waals surface area contributed by atoms with Gasteiger partial charge in [0, 0.05) is 37.6 Å². The molecule has 1 fully saturated rings. The van der Waals surface area contributed by atoms with E-state index in [1.807, 2.05) is 26.0 Å². The fraction of sp³-hybridized carbons (Fsp3) is 0.316. The molecule has 25 heavy (non-hydrogen) atoms. The molecule has 1 aliphatic rings. The van der Waals surface area contributed by atoms with Crippen LogP contribution in [0, 0.1) is 19.7 Å². The average molecular weight is 362 g/mol. The highest BCUT2D eigenvalue weighted by molar-refractivity contribution is 6.31. The molecule has 0 radical (unpaired) electrons. The lowest BCUT2D eigenvalue weighted by Gasteiger charge is -2.36. The first-order valence-corrected chi connectivity index (χ1v) is 8.64. The number of hydrogen-bond donors (Lipinski definition) is 1. The smallest absolute Gasteiger partial charge is 0.321 e. The van der Waals surface area contributed by atoms with Crippen LogP contribution in [-0.4, -0.2) is 37.1 Å². The number of benzene rings is 2. The van der Waals surface area contributed by atoms with Crippen molar-refractivity contribution < 1.29 is 9.18 Å². The van der Waals surface area contributed by atoms with E-state index in [9.17, 15) is 9.18 Å². The molecule has 0 aliphatic carbocycles. The van der Waals surface area contributed by atoms with Crippen LogP contribution in [-0.2, 0) is 0 Å². The summed E-state index contributed by atoms with van der Waals surface area (Å²) in [6.45, 7) is 6.59. The van der Waals surface area contributed by atoms with Crippen LogP contribution in [0.3, 0.4) is 0 Å². The van der Waals surface area contributed by atoms with Crippen molar-refractivity contribution in [2.24, 2.45) is 0 Å². The van der Waals surface area contributed by atoms with Gasteiger partial charge >= 0.3 is 6.03 Å². The Morgan fingerprint density at radius 3 is 2.28 bits per heavy atom. The first kappa shape index (κ1) is 17.5. The minimum atomic E-state index is -0.420. The van der Waals surface area contributed by atoms with E-state index in [-0.39, 0.29) is 11.1 Å². The number of anilines is 2. The molecular formula is C19H21ClFN3O. The summed E-state index contributed by atoms with van der Waals surface area (Å²) >= 11 is 5.85. The average Bonchev–Trinajstić information content (AvgIpc) is 2.56. The van der Waals surface area contributed by atoms with Crippen molar-refractivity contribution in [1.29, 1.82) is 0 Å². The quantitative estimate of drug-likeness (QED) is 0.857. The second-order valence-electron chi connectivity index (χ2n) is 6.38. The predicted molar refractivity (Wildman–Crippen MR) is 100 cm³/mol. The molecule has 0 unspecified atom stereocenters. The fourth-order valence-corrected chi connectivity index (χ4v) is 3.27. The van der Waals surface area contributed by atoms with E-state index in [0.717, 1.165) is 22.5 Å². The first-order valence-electron chi connectivity index (χ1n) is 8.26. The molecule has 1 heterocycles. The number of piperazine rings is 1. The lowest BCUT2D eigenvalue weighted by Crippen LogP contribution is -2.50. The van der Waals surface area contributed by atoms with Gasteiger partial charge in [-0.1, -0.05) is 17.7 Å². The Hall–Kier alpha value is -2.27. The van der Waals surface area contributed by atoms with Gasteiger partial charge in [-0.15, -0.1) is 0 Å². The van der Waals surface area contributed by atoms with Crippen molar-refractivity contribution in [2.75, 3.05) is 36.4 Å². The lowest BCUT2D eigenvalue weighted by molar-refractivity contribution is 0.208. The number of nitrogens with zero attached hydrogens (tertiary/aromatic N) is 2. The molecule has 1 N–H and O–H groups in total. The van der Waals surface area contributed by atoms with Crippen LogP contribution in [0.15, 0.2) is 36.4 Å². The molecular weight excluding hydrogens is 341 g/mol. The van der Waals surface area contributed by atoms with Crippen molar-refractivity contribution in [3.05, 3.63) is 58.4 Å². The van der Waals surface area contributed by atoms with Gasteiger partial charge < -0.3 is 15.1 Å². The zero-order valence-electron chi connectivity index (χ0n) is 14.4. The normalized spacial score (nSPS) is 14.6. The van der Waals surface area contributed by atoms with Crippen LogP contribution in [0.2, 0.25) is 5.02 Å². The topological polar surface area (TPSA) is 35.6 Å². The van der Waals surface area contributed by atoms with Gasteiger partial charge in [0.05, 0.1) is 5.02 Å². The number of carbonyl (C=O) groups is 1. The van der Waals surface area contributed by atoms with Crippen molar-refractivity contribution >= 4 is 29.0 Å². The Morgan fingerprint density at radius 2 is 1.68 bits per heavy atom. The van der Waals surface area contributed by atoms with E-state index < -0.39 is 5.82 Å². The van der Waals surface area contributed by atoms with Crippen molar-refractivity contribution in [2.45, 2.75) is 13.8 Å². The standard InChI is InChI=1S/C19H21ClFN3O/c1-13-9-14(2)11-15(10-13)22-19(25)24-7-5-23(6-8-24)16-3-4-18(21)17(20)12-16/h3-4,9-12H,5-8H2,1-2H3,(H,22,25). The number of halogens is 2. The summed E-state index contributed by atoms with van der Waals surface area (Å²) in [5.74, 6) is -0.420. The summed E-state index contributed by atoms with van der Waals surface area (Å²) in [5.41, 5.74) is 3.93. The molecule has 0 saturated carbocycles. The third kappa shape index (κ3) is 4.23. The third-order valence-electron chi connectivity index (χ3n) is 4.31. The second kappa shape index (κ2) is 7.31. The van der Waals surface area contributed by atoms with Crippen molar-refractivity contribution in [3.8, 4) is 0 Å². The molecule has 1 saturated heterocycles. The number of carbonyl (C=O) groups excluding carboxylic acids is 1. The van der Waals surface area contributed by atoms with Gasteiger partial charge in [0.25, 0.3) is 0 Å². The molecule has 0 spiro atoms. The van der Waals surface area contributed by atoms with Gasteiger partial charge in [-0.05, 0) is 55.3 Å². The molecule has 2 amide bonds. The summed E-state index contributed by atoms with van der Waals surface area (Å²) in [7, 11) is 0. The minimum absolute atomic E-state index is 0.0956. The van der Waals surface area contributed by atoms with Crippen LogP contribution < -0.4 is 10.2 Å². The molecule has 2 aromatic rings. The fourth-order valence-electron chi connectivity index (χ4n) is 3.10. The van der Waals surface area contributed by atoms with E-state index in [2.05, 4.69) is 16.3 Å². The monoisotopic (exact) mass is 361 g/mol. The zero-order valence-corrected chi connectivity index (χ0v) is 15.1. The van der Waals surface area contributed by atoms with Crippen LogP contribution in [0.25, 0.3) is 0 Å². The van der Waals surface area contributed by atoms with Gasteiger partial charge in [-0.2, -0.15) is 0 Å². The van der Waals surface area contributed by atoms with Crippen LogP contribution in [0.1, 0.15) is 11.1 Å². The van der Waals surface area contributed by atoms with Crippen LogP contribution in [0.4, 0.5) is 20.6 Å². The number of amides is 2. The van der Waals surface area contributed by atoms with Gasteiger partial charge in [0.2, 0.25) is 0 Å². The first-order chi connectivity index (χ1) is 11.9. The number of hydrogen-bond acceptors (Lipinski definition) is 2. The number of rotatable bonds is 2. The molecule has 3 rings (SSSR count). The number of aryl methyl sites for hydroxylation is 2. The van der Waals surface area contributed by atoms with Crippen molar-refractivity contribution in [1.82, 2.24) is 4.90 Å². The van der Waals surface area contributed by atoms with Crippen LogP contribution >= 0.6 is 11.6 Å². The Balaban J connectivity index is 1.59. The number of nitrogens with one attached hydrogen (secondary N) is 1. The third-order valence-corrected chi connectivity index (χ3v) is 4.60. The van der Waals surface area contributed by atoms with E-state index in [4.69, 9.17) is 11.6 Å². The maximum Gasteiger partial charge on any atom is 0.321 e. The van der Waals surface area contributed by atoms with Gasteiger partial charge in [0.15, 0.2) is 0 Å². The van der Waals surface area contributed by atoms with Crippen LogP contribution in [0.5, 0.6) is 0 Å². The minimum Gasteiger partial charge on any atom is -0.368 e. The summed E-state index contributed by atoms with van der Waals surface area (Å²) in [4.78, 5) is 16.4. The molecule has 6 heteroatoms. The van der Waals surface area contributed by atoms with Gasteiger partial charge in [-0.25, -0.2) is 9.18 Å². The maximum atomic E-state index is 13.3. The highest BCUT2D eigenvalue weighted by Crippen LogP contribution is 2.24. The van der Waals surface area contributed by atoms with Gasteiger partial charge in [0.1, 0.15) is 5.82 Å². The molecule has 0 bridgehead atoms. The Morgan fingerprint density at radius 1 is 1.04 bits per heavy atom. The van der Waals surface area contributed by atoms with E-state index in [0.29, 0.717) is 26.2 Å². The summed E-state index contributed by atoms with van der Waals surface area (Å²) in [6, 6.07) is 10.6. The molecule has 0 atom stereocenters. The Kier molecular flexibility index (Phi) is 5.13. The van der Waals surface area contributed by atoms with E-state index in [1.54, 1.807) is 17.0 Å². The molecule has 0 aromatic heterocycles. The molecule has 4 nitrogen and oxygen atoms in total. The van der Waals surface area contributed by atoms with E-state index in [1.165, 1.54) is 6.07 Å². The highest BCUT2D eigenvalue weighted by atomic mass is 35.5. The second-order valence-corrected chi connectivity index (χ2v) is 6.79. The summed E-state index contributed by atoms with van der Waals surface area (Å²) in [5, 5.41) is 3.08. The largest absolute Gasteiger partial charge is 0.368 e. The van der Waals surface area contributed by atoms with Gasteiger partial charge in [-0.3, -0.25) is 0 Å². The molecule has 1 aliphatic heterocycles. The van der Waals surface area contributed by atoms with E-state index >= 15 is 0 Å². The zero-order chi connectivity index (χ0) is 18.0. The van der Waals surface area contributed by atoms with Crippen molar-refractivity contribution in [3.63, 3.8) is 0 Å². The number of urea groups is 1. The Labute approximate surface area is 152 Å².